The summed E-state index contributed by atoms with van der Waals surface area (Å²) in [6.45, 7) is 3.48. The van der Waals surface area contributed by atoms with E-state index in [4.69, 9.17) is 19.0 Å². The summed E-state index contributed by atoms with van der Waals surface area (Å²) in [5.41, 5.74) is 3.29. The van der Waals surface area contributed by atoms with E-state index in [1.165, 1.54) is 31.2 Å². The molecule has 9 heteroatoms. The normalized spacial score (nSPS) is 22.0. The van der Waals surface area contributed by atoms with Crippen molar-refractivity contribution in [2.45, 2.75) is 88.8 Å². The molecule has 2 aromatic heterocycles. The standard InChI is InChI=1S/C27H33N3O5S/c1-3-18-8-9-19(10-11-34-14-20-23(15-4-5-15)29-35-25(20)16-6-7-16)30(18)27-28-24-21(33-2)12-17(26(31)32)13-22(24)36-27/h12-13,15-16,18-19H,3-11,14H2,1-2H3,(H,31,32)/t18?,19-/m0/s1. The molecule has 3 aromatic rings. The number of nitrogens with zero attached hydrogens (tertiary/aromatic N) is 3. The summed E-state index contributed by atoms with van der Waals surface area (Å²) in [7, 11) is 1.56. The van der Waals surface area contributed by atoms with Gasteiger partial charge in [0, 0.05) is 36.1 Å². The number of carbonyl (C=O) groups is 1. The predicted octanol–water partition coefficient (Wildman–Crippen LogP) is 6.10. The molecule has 0 bridgehead atoms. The Kier molecular flexibility index (Phi) is 6.37. The number of ether oxygens (including phenoxy) is 2. The van der Waals surface area contributed by atoms with Crippen molar-refractivity contribution in [2.75, 3.05) is 18.6 Å². The van der Waals surface area contributed by atoms with E-state index in [1.807, 2.05) is 0 Å². The maximum atomic E-state index is 11.6. The molecule has 2 atom stereocenters. The molecule has 2 aliphatic carbocycles. The molecule has 1 aliphatic heterocycles. The highest BCUT2D eigenvalue weighted by Gasteiger charge is 2.37. The average molecular weight is 512 g/mol. The van der Waals surface area contributed by atoms with E-state index in [9.17, 15) is 9.90 Å². The van der Waals surface area contributed by atoms with Crippen LogP contribution in [0.15, 0.2) is 16.7 Å². The molecule has 6 rings (SSSR count). The van der Waals surface area contributed by atoms with Crippen molar-refractivity contribution in [1.82, 2.24) is 10.1 Å². The van der Waals surface area contributed by atoms with E-state index in [0.29, 0.717) is 42.9 Å². The van der Waals surface area contributed by atoms with Gasteiger partial charge in [0.15, 0.2) is 5.13 Å². The number of carboxylic acid groups (broad SMARTS) is 1. The fourth-order valence-corrected chi connectivity index (χ4v) is 6.72. The van der Waals surface area contributed by atoms with Gasteiger partial charge in [-0.25, -0.2) is 9.78 Å². The number of benzene rings is 1. The van der Waals surface area contributed by atoms with Crippen LogP contribution in [0, 0.1) is 0 Å². The van der Waals surface area contributed by atoms with E-state index in [1.54, 1.807) is 30.6 Å². The third kappa shape index (κ3) is 4.47. The number of thiazole rings is 1. The van der Waals surface area contributed by atoms with E-state index in [-0.39, 0.29) is 5.56 Å². The van der Waals surface area contributed by atoms with Crippen LogP contribution in [0.2, 0.25) is 0 Å². The summed E-state index contributed by atoms with van der Waals surface area (Å²) in [6.07, 6.45) is 9.00. The number of rotatable bonds is 11. The minimum absolute atomic E-state index is 0.220. The van der Waals surface area contributed by atoms with Crippen molar-refractivity contribution in [2.24, 2.45) is 0 Å². The van der Waals surface area contributed by atoms with E-state index in [2.05, 4.69) is 17.0 Å². The highest BCUT2D eigenvalue weighted by atomic mass is 32.1. The number of fused-ring (bicyclic) bond motifs is 1. The monoisotopic (exact) mass is 511 g/mol. The van der Waals surface area contributed by atoms with Gasteiger partial charge >= 0.3 is 5.97 Å². The Hall–Kier alpha value is -2.65. The molecule has 1 aromatic carbocycles. The molecule has 0 amide bonds. The van der Waals surface area contributed by atoms with Gasteiger partial charge in [-0.3, -0.25) is 0 Å². The number of hydrogen-bond acceptors (Lipinski definition) is 8. The number of anilines is 1. The molecule has 1 saturated heterocycles. The van der Waals surface area contributed by atoms with Crippen molar-refractivity contribution >= 4 is 32.7 Å². The Morgan fingerprint density at radius 1 is 1.17 bits per heavy atom. The molecule has 3 heterocycles. The van der Waals surface area contributed by atoms with Crippen molar-refractivity contribution < 1.29 is 23.9 Å². The van der Waals surface area contributed by atoms with Gasteiger partial charge < -0.3 is 24.0 Å². The van der Waals surface area contributed by atoms with Crippen molar-refractivity contribution in [3.05, 3.63) is 34.7 Å². The van der Waals surface area contributed by atoms with Crippen LogP contribution in [0.3, 0.4) is 0 Å². The van der Waals surface area contributed by atoms with Gasteiger partial charge in [-0.05, 0) is 63.5 Å². The lowest BCUT2D eigenvalue weighted by atomic mass is 10.1. The summed E-state index contributed by atoms with van der Waals surface area (Å²) in [4.78, 5) is 18.9. The quantitative estimate of drug-likeness (QED) is 0.308. The average Bonchev–Trinajstić information content (AvgIpc) is 3.79. The number of aromatic nitrogens is 2. The fourth-order valence-electron chi connectivity index (χ4n) is 5.55. The predicted molar refractivity (Wildman–Crippen MR) is 137 cm³/mol. The number of hydrogen-bond donors (Lipinski definition) is 1. The summed E-state index contributed by atoms with van der Waals surface area (Å²) < 4.78 is 18.3. The SMILES string of the molecule is CCC1CC[C@@H](CCOCc2c(C3CC3)noc2C2CC2)N1c1nc2c(OC)cc(C(=O)O)cc2s1. The van der Waals surface area contributed by atoms with Crippen LogP contribution in [0.4, 0.5) is 5.13 Å². The van der Waals surface area contributed by atoms with Gasteiger partial charge in [0.1, 0.15) is 17.0 Å². The Morgan fingerprint density at radius 2 is 1.94 bits per heavy atom. The number of aromatic carboxylic acids is 1. The number of methoxy groups -OCH3 is 1. The third-order valence-corrected chi connectivity index (χ3v) is 8.85. The Morgan fingerprint density at radius 3 is 2.64 bits per heavy atom. The fraction of sp³-hybridized carbons (Fsp3) is 0.593. The maximum absolute atomic E-state index is 11.6. The highest BCUT2D eigenvalue weighted by Crippen LogP contribution is 2.48. The first kappa shape index (κ1) is 23.7. The van der Waals surface area contributed by atoms with Gasteiger partial charge in [0.05, 0.1) is 29.7 Å². The van der Waals surface area contributed by atoms with Crippen LogP contribution < -0.4 is 9.64 Å². The van der Waals surface area contributed by atoms with Crippen molar-refractivity contribution in [1.29, 1.82) is 0 Å². The lowest BCUT2D eigenvalue weighted by Crippen LogP contribution is -2.36. The first-order chi connectivity index (χ1) is 17.6. The molecular weight excluding hydrogens is 478 g/mol. The van der Waals surface area contributed by atoms with Crippen LogP contribution >= 0.6 is 11.3 Å². The van der Waals surface area contributed by atoms with Crippen LogP contribution in [0.25, 0.3) is 10.2 Å². The van der Waals surface area contributed by atoms with E-state index < -0.39 is 5.97 Å². The van der Waals surface area contributed by atoms with Crippen LogP contribution in [-0.4, -0.2) is 47.0 Å². The molecule has 2 saturated carbocycles. The zero-order valence-electron chi connectivity index (χ0n) is 20.9. The summed E-state index contributed by atoms with van der Waals surface area (Å²) in [5, 5.41) is 14.8. The van der Waals surface area contributed by atoms with E-state index in [0.717, 1.165) is 52.5 Å². The lowest BCUT2D eigenvalue weighted by molar-refractivity contribution is 0.0696. The molecule has 192 valence electrons. The zero-order chi connectivity index (χ0) is 24.8. The first-order valence-corrected chi connectivity index (χ1v) is 13.9. The molecule has 1 unspecified atom stereocenters. The summed E-state index contributed by atoms with van der Waals surface area (Å²) in [5.74, 6) is 1.71. The molecule has 0 spiro atoms. The summed E-state index contributed by atoms with van der Waals surface area (Å²) >= 11 is 1.55. The smallest absolute Gasteiger partial charge is 0.335 e. The molecular formula is C27H33N3O5S. The third-order valence-electron chi connectivity index (χ3n) is 7.83. The Balaban J connectivity index is 1.17. The van der Waals surface area contributed by atoms with E-state index >= 15 is 0 Å². The minimum Gasteiger partial charge on any atom is -0.494 e. The maximum Gasteiger partial charge on any atom is 0.335 e. The van der Waals surface area contributed by atoms with Crippen LogP contribution in [0.1, 0.15) is 97.5 Å². The highest BCUT2D eigenvalue weighted by molar-refractivity contribution is 7.22. The second-order valence-corrected chi connectivity index (χ2v) is 11.3. The van der Waals surface area contributed by atoms with Crippen molar-refractivity contribution in [3.63, 3.8) is 0 Å². The largest absolute Gasteiger partial charge is 0.494 e. The first-order valence-electron chi connectivity index (χ1n) is 13.1. The molecule has 3 aliphatic rings. The molecule has 8 nitrogen and oxygen atoms in total. The van der Waals surface area contributed by atoms with Gasteiger partial charge in [0.25, 0.3) is 0 Å². The van der Waals surface area contributed by atoms with Crippen molar-refractivity contribution in [3.8, 4) is 5.75 Å². The minimum atomic E-state index is -0.963. The van der Waals surface area contributed by atoms with Crippen LogP contribution in [0.5, 0.6) is 5.75 Å². The van der Waals surface area contributed by atoms with Gasteiger partial charge in [-0.1, -0.05) is 23.4 Å². The zero-order valence-corrected chi connectivity index (χ0v) is 21.7. The molecule has 1 N–H and O–H groups in total. The molecule has 3 fully saturated rings. The topological polar surface area (TPSA) is 97.9 Å². The van der Waals surface area contributed by atoms with Gasteiger partial charge in [-0.2, -0.15) is 0 Å². The Labute approximate surface area is 214 Å². The van der Waals surface area contributed by atoms with Crippen LogP contribution in [-0.2, 0) is 11.3 Å². The van der Waals surface area contributed by atoms with Gasteiger partial charge in [0.2, 0.25) is 0 Å². The van der Waals surface area contributed by atoms with Gasteiger partial charge in [-0.15, -0.1) is 0 Å². The lowest BCUT2D eigenvalue weighted by Gasteiger charge is -2.29. The number of carboxylic acids is 1. The second kappa shape index (κ2) is 9.67. The Bertz CT molecular complexity index is 1230. The second-order valence-electron chi connectivity index (χ2n) is 10.3. The molecule has 0 radical (unpaired) electrons. The molecule has 36 heavy (non-hydrogen) atoms. The summed E-state index contributed by atoms with van der Waals surface area (Å²) in [6, 6.07) is 4.01.